The first-order chi connectivity index (χ1) is 4.22. The Labute approximate surface area is 56.3 Å². The van der Waals surface area contributed by atoms with E-state index in [1.54, 1.807) is 0 Å². The molecule has 0 unspecified atom stereocenters. The summed E-state index contributed by atoms with van der Waals surface area (Å²) in [6, 6.07) is 0.338. The highest BCUT2D eigenvalue weighted by atomic mass is 16.3. The molecule has 2 N–H and O–H groups in total. The Balaban J connectivity index is 2.40. The van der Waals surface area contributed by atoms with Crippen LogP contribution in [0.15, 0.2) is 0 Å². The highest BCUT2D eigenvalue weighted by Gasteiger charge is 2.26. The van der Waals surface area contributed by atoms with Crippen LogP contribution < -0.4 is 5.32 Å². The normalized spacial score (nSPS) is 36.0. The summed E-state index contributed by atoms with van der Waals surface area (Å²) in [6.07, 6.45) is 0.813. The van der Waals surface area contributed by atoms with Gasteiger partial charge >= 0.3 is 0 Å². The van der Waals surface area contributed by atoms with Crippen LogP contribution in [0.3, 0.4) is 0 Å². The topological polar surface area (TPSA) is 32.3 Å². The largest absolute Gasteiger partial charge is 0.391 e. The van der Waals surface area contributed by atoms with Crippen molar-refractivity contribution >= 4 is 0 Å². The van der Waals surface area contributed by atoms with Crippen molar-refractivity contribution in [1.82, 2.24) is 5.32 Å². The van der Waals surface area contributed by atoms with Crippen molar-refractivity contribution in [2.24, 2.45) is 5.92 Å². The molecule has 2 atom stereocenters. The number of nitrogens with one attached hydrogen (secondary N) is 1. The minimum absolute atomic E-state index is 0.106. The van der Waals surface area contributed by atoms with E-state index >= 15 is 0 Å². The van der Waals surface area contributed by atoms with Gasteiger partial charge in [0.25, 0.3) is 0 Å². The van der Waals surface area contributed by atoms with Crippen molar-refractivity contribution < 1.29 is 5.11 Å². The SMILES string of the molecule is CC(C)[C@H]1NCC[C@H]1O. The molecule has 54 valence electrons. The lowest BCUT2D eigenvalue weighted by atomic mass is 10.0. The van der Waals surface area contributed by atoms with E-state index in [0.717, 1.165) is 13.0 Å². The van der Waals surface area contributed by atoms with E-state index in [4.69, 9.17) is 0 Å². The molecule has 0 aliphatic carbocycles. The molecule has 0 aromatic carbocycles. The summed E-state index contributed by atoms with van der Waals surface area (Å²) in [5.41, 5.74) is 0. The van der Waals surface area contributed by atoms with Crippen LogP contribution in [0.1, 0.15) is 20.3 Å². The van der Waals surface area contributed by atoms with E-state index in [-0.39, 0.29) is 6.10 Å². The first kappa shape index (κ1) is 7.03. The lowest BCUT2D eigenvalue weighted by Crippen LogP contribution is -2.35. The highest BCUT2D eigenvalue weighted by Crippen LogP contribution is 2.13. The van der Waals surface area contributed by atoms with Crippen molar-refractivity contribution in [3.05, 3.63) is 0 Å². The molecule has 1 fully saturated rings. The lowest BCUT2D eigenvalue weighted by Gasteiger charge is -2.17. The van der Waals surface area contributed by atoms with Crippen LogP contribution >= 0.6 is 0 Å². The number of aliphatic hydroxyl groups excluding tert-OH is 1. The molecule has 1 aliphatic heterocycles. The van der Waals surface area contributed by atoms with Gasteiger partial charge in [-0.1, -0.05) is 13.8 Å². The summed E-state index contributed by atoms with van der Waals surface area (Å²) >= 11 is 0. The average Bonchev–Trinajstić information content (AvgIpc) is 2.13. The van der Waals surface area contributed by atoms with Crippen LogP contribution in [0.2, 0.25) is 0 Å². The van der Waals surface area contributed by atoms with Crippen molar-refractivity contribution in [1.29, 1.82) is 0 Å². The number of aliphatic hydroxyl groups is 1. The van der Waals surface area contributed by atoms with Crippen molar-refractivity contribution in [3.8, 4) is 0 Å². The van der Waals surface area contributed by atoms with Gasteiger partial charge in [-0.3, -0.25) is 0 Å². The Bertz CT molecular complexity index is 92.9. The summed E-state index contributed by atoms with van der Waals surface area (Å²) in [5, 5.41) is 12.6. The molecule has 1 heterocycles. The van der Waals surface area contributed by atoms with Gasteiger partial charge < -0.3 is 10.4 Å². The van der Waals surface area contributed by atoms with Crippen LogP contribution in [-0.4, -0.2) is 23.8 Å². The fraction of sp³-hybridized carbons (Fsp3) is 1.00. The first-order valence-electron chi connectivity index (χ1n) is 3.63. The average molecular weight is 129 g/mol. The third-order valence-corrected chi connectivity index (χ3v) is 1.95. The smallest absolute Gasteiger partial charge is 0.0707 e. The molecule has 0 spiro atoms. The molecule has 1 saturated heterocycles. The molecule has 0 aromatic rings. The third-order valence-electron chi connectivity index (χ3n) is 1.95. The highest BCUT2D eigenvalue weighted by molar-refractivity contribution is 4.84. The van der Waals surface area contributed by atoms with Crippen molar-refractivity contribution in [2.45, 2.75) is 32.4 Å². The van der Waals surface area contributed by atoms with Crippen LogP contribution in [0.4, 0.5) is 0 Å². The van der Waals surface area contributed by atoms with Gasteiger partial charge in [0.2, 0.25) is 0 Å². The summed E-state index contributed by atoms with van der Waals surface area (Å²) in [4.78, 5) is 0. The lowest BCUT2D eigenvalue weighted by molar-refractivity contribution is 0.139. The predicted octanol–water partition coefficient (Wildman–Crippen LogP) is 0.365. The second-order valence-corrected chi connectivity index (χ2v) is 3.08. The summed E-state index contributed by atoms with van der Waals surface area (Å²) in [7, 11) is 0. The molecule has 1 aliphatic rings. The van der Waals surface area contributed by atoms with Gasteiger partial charge in [-0.15, -0.1) is 0 Å². The van der Waals surface area contributed by atoms with Crippen LogP contribution in [-0.2, 0) is 0 Å². The van der Waals surface area contributed by atoms with Crippen molar-refractivity contribution in [2.75, 3.05) is 6.54 Å². The molecular weight excluding hydrogens is 114 g/mol. The third kappa shape index (κ3) is 1.43. The van der Waals surface area contributed by atoms with E-state index in [0.29, 0.717) is 12.0 Å². The van der Waals surface area contributed by atoms with Gasteiger partial charge in [-0.2, -0.15) is 0 Å². The van der Waals surface area contributed by atoms with Gasteiger partial charge in [0.1, 0.15) is 0 Å². The molecule has 0 radical (unpaired) electrons. The summed E-state index contributed by atoms with van der Waals surface area (Å²) in [6.45, 7) is 5.24. The quantitative estimate of drug-likeness (QED) is 0.536. The second-order valence-electron chi connectivity index (χ2n) is 3.08. The molecule has 9 heavy (non-hydrogen) atoms. The zero-order valence-electron chi connectivity index (χ0n) is 6.09. The minimum Gasteiger partial charge on any atom is -0.391 e. The maximum atomic E-state index is 9.30. The molecule has 2 heteroatoms. The summed E-state index contributed by atoms with van der Waals surface area (Å²) in [5.74, 6) is 0.558. The molecule has 0 saturated carbocycles. The second kappa shape index (κ2) is 2.67. The molecule has 0 bridgehead atoms. The standard InChI is InChI=1S/C7H15NO/c1-5(2)7-6(9)3-4-8-7/h5-9H,3-4H2,1-2H3/t6-,7-/m1/s1. The molecule has 2 nitrogen and oxygen atoms in total. The van der Waals surface area contributed by atoms with E-state index < -0.39 is 0 Å². The molecule has 0 amide bonds. The Morgan fingerprint density at radius 3 is 2.44 bits per heavy atom. The molecule has 1 rings (SSSR count). The van der Waals surface area contributed by atoms with Crippen LogP contribution in [0.5, 0.6) is 0 Å². The molecular formula is C7H15NO. The molecule has 0 aromatic heterocycles. The zero-order valence-corrected chi connectivity index (χ0v) is 6.09. The zero-order chi connectivity index (χ0) is 6.85. The number of rotatable bonds is 1. The number of hydrogen-bond donors (Lipinski definition) is 2. The summed E-state index contributed by atoms with van der Waals surface area (Å²) < 4.78 is 0. The Morgan fingerprint density at radius 2 is 2.22 bits per heavy atom. The Morgan fingerprint density at radius 1 is 1.56 bits per heavy atom. The van der Waals surface area contributed by atoms with E-state index in [2.05, 4.69) is 19.2 Å². The van der Waals surface area contributed by atoms with Gasteiger partial charge in [0.15, 0.2) is 0 Å². The monoisotopic (exact) mass is 129 g/mol. The van der Waals surface area contributed by atoms with E-state index in [9.17, 15) is 5.11 Å². The maximum Gasteiger partial charge on any atom is 0.0707 e. The van der Waals surface area contributed by atoms with Gasteiger partial charge in [-0.25, -0.2) is 0 Å². The van der Waals surface area contributed by atoms with Crippen molar-refractivity contribution in [3.63, 3.8) is 0 Å². The Kier molecular flexibility index (Phi) is 2.09. The Hall–Kier alpha value is -0.0800. The predicted molar refractivity (Wildman–Crippen MR) is 37.3 cm³/mol. The van der Waals surface area contributed by atoms with E-state index in [1.807, 2.05) is 0 Å². The van der Waals surface area contributed by atoms with Crippen LogP contribution in [0.25, 0.3) is 0 Å². The first-order valence-corrected chi connectivity index (χ1v) is 3.63. The van der Waals surface area contributed by atoms with E-state index in [1.165, 1.54) is 0 Å². The van der Waals surface area contributed by atoms with Gasteiger partial charge in [-0.05, 0) is 18.9 Å². The van der Waals surface area contributed by atoms with Gasteiger partial charge in [0, 0.05) is 6.04 Å². The number of hydrogen-bond acceptors (Lipinski definition) is 2. The minimum atomic E-state index is -0.106. The van der Waals surface area contributed by atoms with Crippen LogP contribution in [0, 0.1) is 5.92 Å². The fourth-order valence-electron chi connectivity index (χ4n) is 1.39. The maximum absolute atomic E-state index is 9.30. The fourth-order valence-corrected chi connectivity index (χ4v) is 1.39. The van der Waals surface area contributed by atoms with Gasteiger partial charge in [0.05, 0.1) is 6.10 Å².